The van der Waals surface area contributed by atoms with Crippen LogP contribution in [0.3, 0.4) is 0 Å². The summed E-state index contributed by atoms with van der Waals surface area (Å²) in [6, 6.07) is 1.52. The van der Waals surface area contributed by atoms with Crippen molar-refractivity contribution in [3.8, 4) is 0 Å². The van der Waals surface area contributed by atoms with Gasteiger partial charge in [0.25, 0.3) is 0 Å². The SMILES string of the molecule is CC1CCCC(NCC(C)N2CCCCC2)CC1. The maximum Gasteiger partial charge on any atom is 0.0192 e. The Bertz CT molecular complexity index is 221. The molecule has 1 aliphatic heterocycles. The largest absolute Gasteiger partial charge is 0.312 e. The summed E-state index contributed by atoms with van der Waals surface area (Å²) in [5.74, 6) is 0.955. The minimum absolute atomic E-state index is 0.728. The highest BCUT2D eigenvalue weighted by molar-refractivity contribution is 4.78. The molecule has 0 aromatic carbocycles. The smallest absolute Gasteiger partial charge is 0.0192 e. The first-order valence-corrected chi connectivity index (χ1v) is 8.23. The fourth-order valence-electron chi connectivity index (χ4n) is 3.52. The van der Waals surface area contributed by atoms with Gasteiger partial charge in [-0.2, -0.15) is 0 Å². The van der Waals surface area contributed by atoms with Crippen molar-refractivity contribution >= 4 is 0 Å². The van der Waals surface area contributed by atoms with Gasteiger partial charge in [-0.05, 0) is 58.0 Å². The van der Waals surface area contributed by atoms with Gasteiger partial charge in [-0.25, -0.2) is 0 Å². The molecular weight excluding hydrogens is 220 g/mol. The van der Waals surface area contributed by atoms with Crippen molar-refractivity contribution in [1.29, 1.82) is 0 Å². The van der Waals surface area contributed by atoms with Crippen LogP contribution in [0.4, 0.5) is 0 Å². The van der Waals surface area contributed by atoms with Crippen LogP contribution in [0.25, 0.3) is 0 Å². The van der Waals surface area contributed by atoms with E-state index in [1.165, 1.54) is 71.0 Å². The lowest BCUT2D eigenvalue weighted by molar-refractivity contribution is 0.167. The van der Waals surface area contributed by atoms with Crippen LogP contribution in [-0.2, 0) is 0 Å². The zero-order valence-electron chi connectivity index (χ0n) is 12.5. The lowest BCUT2D eigenvalue weighted by Crippen LogP contribution is -2.45. The molecule has 18 heavy (non-hydrogen) atoms. The lowest BCUT2D eigenvalue weighted by atomic mass is 10.0. The highest BCUT2D eigenvalue weighted by Gasteiger charge is 2.19. The molecule has 2 aliphatic rings. The topological polar surface area (TPSA) is 15.3 Å². The standard InChI is InChI=1S/C16H32N2/c1-14-7-6-8-16(10-9-14)17-13-15(2)18-11-4-3-5-12-18/h14-17H,3-13H2,1-2H3. The molecule has 2 nitrogen and oxygen atoms in total. The number of nitrogens with one attached hydrogen (secondary N) is 1. The third kappa shape index (κ3) is 4.55. The molecule has 1 saturated heterocycles. The molecule has 1 N–H and O–H groups in total. The summed E-state index contributed by atoms with van der Waals surface area (Å²) in [6.45, 7) is 8.66. The molecular formula is C16H32N2. The minimum Gasteiger partial charge on any atom is -0.312 e. The molecule has 0 amide bonds. The van der Waals surface area contributed by atoms with E-state index in [-0.39, 0.29) is 0 Å². The van der Waals surface area contributed by atoms with Crippen molar-refractivity contribution in [3.63, 3.8) is 0 Å². The van der Waals surface area contributed by atoms with Crippen molar-refractivity contribution in [1.82, 2.24) is 10.2 Å². The number of likely N-dealkylation sites (tertiary alicyclic amines) is 1. The van der Waals surface area contributed by atoms with Gasteiger partial charge in [-0.15, -0.1) is 0 Å². The summed E-state index contributed by atoms with van der Waals surface area (Å²) in [5.41, 5.74) is 0. The summed E-state index contributed by atoms with van der Waals surface area (Å²) < 4.78 is 0. The first-order valence-electron chi connectivity index (χ1n) is 8.23. The molecule has 1 saturated carbocycles. The van der Waals surface area contributed by atoms with Gasteiger partial charge < -0.3 is 5.32 Å². The number of piperidine rings is 1. The molecule has 3 atom stereocenters. The van der Waals surface area contributed by atoms with Crippen LogP contribution >= 0.6 is 0 Å². The highest BCUT2D eigenvalue weighted by atomic mass is 15.2. The summed E-state index contributed by atoms with van der Waals surface area (Å²) in [4.78, 5) is 2.68. The van der Waals surface area contributed by atoms with E-state index in [0.29, 0.717) is 0 Å². The van der Waals surface area contributed by atoms with Crippen LogP contribution in [-0.4, -0.2) is 36.6 Å². The van der Waals surface area contributed by atoms with E-state index in [1.807, 2.05) is 0 Å². The maximum absolute atomic E-state index is 3.84. The molecule has 106 valence electrons. The van der Waals surface area contributed by atoms with E-state index in [9.17, 15) is 0 Å². The summed E-state index contributed by atoms with van der Waals surface area (Å²) in [5, 5.41) is 3.84. The third-order valence-corrected chi connectivity index (χ3v) is 4.97. The Morgan fingerprint density at radius 3 is 2.56 bits per heavy atom. The average molecular weight is 252 g/mol. The number of nitrogens with zero attached hydrogens (tertiary/aromatic N) is 1. The molecule has 0 bridgehead atoms. The fraction of sp³-hybridized carbons (Fsp3) is 1.00. The zero-order valence-corrected chi connectivity index (χ0v) is 12.5. The molecule has 0 aromatic rings. The second-order valence-electron chi connectivity index (χ2n) is 6.66. The molecule has 1 heterocycles. The van der Waals surface area contributed by atoms with Gasteiger partial charge in [0.15, 0.2) is 0 Å². The van der Waals surface area contributed by atoms with Crippen LogP contribution in [0, 0.1) is 5.92 Å². The van der Waals surface area contributed by atoms with E-state index in [0.717, 1.165) is 18.0 Å². The Morgan fingerprint density at radius 1 is 1.00 bits per heavy atom. The van der Waals surface area contributed by atoms with E-state index >= 15 is 0 Å². The van der Waals surface area contributed by atoms with E-state index < -0.39 is 0 Å². The monoisotopic (exact) mass is 252 g/mol. The first kappa shape index (κ1) is 14.3. The molecule has 1 aliphatic carbocycles. The molecule has 0 aromatic heterocycles. The zero-order chi connectivity index (χ0) is 12.8. The number of hydrogen-bond donors (Lipinski definition) is 1. The molecule has 0 radical (unpaired) electrons. The van der Waals surface area contributed by atoms with Gasteiger partial charge in [-0.1, -0.05) is 26.2 Å². The Labute approximate surface area is 114 Å². The van der Waals surface area contributed by atoms with Crippen LogP contribution in [0.1, 0.15) is 65.2 Å². The normalized spacial score (nSPS) is 33.0. The van der Waals surface area contributed by atoms with Crippen LogP contribution in [0.2, 0.25) is 0 Å². The Balaban J connectivity index is 1.66. The quantitative estimate of drug-likeness (QED) is 0.771. The van der Waals surface area contributed by atoms with E-state index in [1.54, 1.807) is 0 Å². The predicted octanol–water partition coefficient (Wildman–Crippen LogP) is 3.42. The summed E-state index contributed by atoms with van der Waals surface area (Å²) >= 11 is 0. The molecule has 2 fully saturated rings. The van der Waals surface area contributed by atoms with Gasteiger partial charge in [0.1, 0.15) is 0 Å². The van der Waals surface area contributed by atoms with Crippen LogP contribution in [0.15, 0.2) is 0 Å². The van der Waals surface area contributed by atoms with Gasteiger partial charge in [0.05, 0.1) is 0 Å². The average Bonchev–Trinajstić information content (AvgIpc) is 2.62. The fourth-order valence-corrected chi connectivity index (χ4v) is 3.52. The van der Waals surface area contributed by atoms with E-state index in [2.05, 4.69) is 24.1 Å². The summed E-state index contributed by atoms with van der Waals surface area (Å²) in [7, 11) is 0. The third-order valence-electron chi connectivity index (χ3n) is 4.97. The van der Waals surface area contributed by atoms with Crippen LogP contribution in [0.5, 0.6) is 0 Å². The molecule has 3 unspecified atom stereocenters. The Kier molecular flexibility index (Phi) is 5.97. The van der Waals surface area contributed by atoms with Gasteiger partial charge >= 0.3 is 0 Å². The lowest BCUT2D eigenvalue weighted by Gasteiger charge is -2.33. The second-order valence-corrected chi connectivity index (χ2v) is 6.66. The Morgan fingerprint density at radius 2 is 1.78 bits per heavy atom. The van der Waals surface area contributed by atoms with Crippen LogP contribution < -0.4 is 5.32 Å². The Hall–Kier alpha value is -0.0800. The van der Waals surface area contributed by atoms with Crippen molar-refractivity contribution in [2.24, 2.45) is 5.92 Å². The van der Waals surface area contributed by atoms with Crippen molar-refractivity contribution < 1.29 is 0 Å². The first-order chi connectivity index (χ1) is 8.75. The van der Waals surface area contributed by atoms with Crippen molar-refractivity contribution in [2.75, 3.05) is 19.6 Å². The molecule has 2 rings (SSSR count). The predicted molar refractivity (Wildman–Crippen MR) is 78.9 cm³/mol. The second kappa shape index (κ2) is 7.49. The minimum atomic E-state index is 0.728. The highest BCUT2D eigenvalue weighted by Crippen LogP contribution is 2.22. The van der Waals surface area contributed by atoms with Gasteiger partial charge in [0, 0.05) is 18.6 Å². The number of hydrogen-bond acceptors (Lipinski definition) is 2. The van der Waals surface area contributed by atoms with Gasteiger partial charge in [-0.3, -0.25) is 4.90 Å². The van der Waals surface area contributed by atoms with Crippen molar-refractivity contribution in [2.45, 2.75) is 77.3 Å². The van der Waals surface area contributed by atoms with Crippen molar-refractivity contribution in [3.05, 3.63) is 0 Å². The molecule has 2 heteroatoms. The molecule has 0 spiro atoms. The summed E-state index contributed by atoms with van der Waals surface area (Å²) in [6.07, 6.45) is 11.4. The van der Waals surface area contributed by atoms with Gasteiger partial charge in [0.2, 0.25) is 0 Å². The number of rotatable bonds is 4. The van der Waals surface area contributed by atoms with E-state index in [4.69, 9.17) is 0 Å². The maximum atomic E-state index is 3.84.